The first-order chi connectivity index (χ1) is 14.0. The van der Waals surface area contributed by atoms with Crippen molar-refractivity contribution in [2.24, 2.45) is 0 Å². The topological polar surface area (TPSA) is 103 Å². The lowest BCUT2D eigenvalue weighted by atomic mass is 10.2. The second-order valence-corrected chi connectivity index (χ2v) is 5.78. The molecule has 0 radical (unpaired) electrons. The van der Waals surface area contributed by atoms with Gasteiger partial charge < -0.3 is 24.8 Å². The molecule has 2 N–H and O–H groups in total. The zero-order chi connectivity index (χ0) is 21.1. The average molecular weight is 400 g/mol. The van der Waals surface area contributed by atoms with Crippen molar-refractivity contribution in [2.75, 3.05) is 31.7 Å². The Morgan fingerprint density at radius 2 is 1.59 bits per heavy atom. The summed E-state index contributed by atoms with van der Waals surface area (Å²) in [5.41, 5.74) is 0.866. The van der Waals surface area contributed by atoms with Gasteiger partial charge in [-0.3, -0.25) is 14.4 Å². The third kappa shape index (κ3) is 7.17. The average Bonchev–Trinajstić information content (AvgIpc) is 2.73. The Hall–Kier alpha value is -3.55. The normalized spacial score (nSPS) is 10.0. The van der Waals surface area contributed by atoms with Crippen molar-refractivity contribution in [1.82, 2.24) is 5.32 Å². The van der Waals surface area contributed by atoms with E-state index in [1.54, 1.807) is 48.5 Å². The third-order valence-corrected chi connectivity index (χ3v) is 3.64. The molecule has 0 saturated carbocycles. The number of carbonyl (C=O) groups excluding carboxylic acids is 3. The molecule has 2 amide bonds. The number of nitrogens with one attached hydrogen (secondary N) is 2. The molecule has 2 aromatic carbocycles. The molecule has 8 nitrogen and oxygen atoms in total. The number of hydrogen-bond donors (Lipinski definition) is 2. The molecular formula is C21H24N2O6. The molecule has 0 bridgehead atoms. The first-order valence-electron chi connectivity index (χ1n) is 9.21. The molecule has 0 aliphatic carbocycles. The van der Waals surface area contributed by atoms with Crippen molar-refractivity contribution >= 4 is 23.5 Å². The van der Waals surface area contributed by atoms with Gasteiger partial charge in [0.1, 0.15) is 18.0 Å². The fourth-order valence-electron chi connectivity index (χ4n) is 2.38. The van der Waals surface area contributed by atoms with E-state index in [-0.39, 0.29) is 6.54 Å². The molecule has 2 rings (SSSR count). The quantitative estimate of drug-likeness (QED) is 0.594. The number of hydrogen-bond acceptors (Lipinski definition) is 6. The molecule has 2 aromatic rings. The Bertz CT molecular complexity index is 835. The maximum Gasteiger partial charge on any atom is 0.325 e. The van der Waals surface area contributed by atoms with Crippen molar-refractivity contribution in [3.63, 3.8) is 0 Å². The fraction of sp³-hybridized carbons (Fsp3) is 0.286. The lowest BCUT2D eigenvalue weighted by molar-refractivity contribution is -0.146. The number of benzene rings is 2. The van der Waals surface area contributed by atoms with E-state index in [9.17, 15) is 14.4 Å². The largest absolute Gasteiger partial charge is 0.494 e. The summed E-state index contributed by atoms with van der Waals surface area (Å²) in [6.45, 7) is 3.83. The molecule has 0 spiro atoms. The van der Waals surface area contributed by atoms with Gasteiger partial charge in [0.2, 0.25) is 0 Å². The lowest BCUT2D eigenvalue weighted by Crippen LogP contribution is -2.32. The van der Waals surface area contributed by atoms with Gasteiger partial charge in [-0.25, -0.2) is 0 Å². The van der Waals surface area contributed by atoms with Gasteiger partial charge in [-0.15, -0.1) is 0 Å². The molecule has 0 heterocycles. The van der Waals surface area contributed by atoms with Crippen LogP contribution in [0.5, 0.6) is 11.5 Å². The second-order valence-electron chi connectivity index (χ2n) is 5.78. The van der Waals surface area contributed by atoms with Crippen LogP contribution in [0.15, 0.2) is 48.5 Å². The smallest absolute Gasteiger partial charge is 0.325 e. The number of carbonyl (C=O) groups is 3. The van der Waals surface area contributed by atoms with E-state index < -0.39 is 24.4 Å². The van der Waals surface area contributed by atoms with E-state index in [1.165, 1.54) is 0 Å². The van der Waals surface area contributed by atoms with Gasteiger partial charge in [0.15, 0.2) is 6.61 Å². The number of esters is 1. The Morgan fingerprint density at radius 1 is 0.897 bits per heavy atom. The van der Waals surface area contributed by atoms with Gasteiger partial charge in [-0.05, 0) is 50.2 Å². The van der Waals surface area contributed by atoms with Crippen LogP contribution in [-0.2, 0) is 14.3 Å². The van der Waals surface area contributed by atoms with Gasteiger partial charge in [-0.1, -0.05) is 12.1 Å². The summed E-state index contributed by atoms with van der Waals surface area (Å²) >= 11 is 0. The Labute approximate surface area is 169 Å². The summed E-state index contributed by atoms with van der Waals surface area (Å²) in [5, 5.41) is 5.05. The van der Waals surface area contributed by atoms with E-state index >= 15 is 0 Å². The van der Waals surface area contributed by atoms with Gasteiger partial charge in [-0.2, -0.15) is 0 Å². The maximum absolute atomic E-state index is 12.2. The van der Waals surface area contributed by atoms with Crippen molar-refractivity contribution < 1.29 is 28.6 Å². The van der Waals surface area contributed by atoms with E-state index in [0.29, 0.717) is 36.0 Å². The van der Waals surface area contributed by atoms with Gasteiger partial charge in [0, 0.05) is 5.69 Å². The predicted molar refractivity (Wildman–Crippen MR) is 107 cm³/mol. The number of rotatable bonds is 10. The highest BCUT2D eigenvalue weighted by Crippen LogP contribution is 2.17. The van der Waals surface area contributed by atoms with Crippen LogP contribution in [0.25, 0.3) is 0 Å². The van der Waals surface area contributed by atoms with Crippen molar-refractivity contribution in [3.05, 3.63) is 54.1 Å². The number of para-hydroxylation sites is 1. The first-order valence-corrected chi connectivity index (χ1v) is 9.21. The van der Waals surface area contributed by atoms with E-state index in [1.807, 2.05) is 13.8 Å². The van der Waals surface area contributed by atoms with E-state index in [2.05, 4.69) is 10.6 Å². The minimum atomic E-state index is -0.728. The fourth-order valence-corrected chi connectivity index (χ4v) is 2.38. The molecule has 0 aliphatic heterocycles. The number of anilines is 1. The zero-order valence-electron chi connectivity index (χ0n) is 16.4. The summed E-state index contributed by atoms with van der Waals surface area (Å²) in [5.74, 6) is -0.566. The molecular weight excluding hydrogens is 376 g/mol. The van der Waals surface area contributed by atoms with Gasteiger partial charge >= 0.3 is 5.97 Å². The molecule has 0 aliphatic rings. The summed E-state index contributed by atoms with van der Waals surface area (Å²) in [6, 6.07) is 13.5. The highest BCUT2D eigenvalue weighted by molar-refractivity contribution is 5.98. The number of amides is 2. The molecule has 29 heavy (non-hydrogen) atoms. The lowest BCUT2D eigenvalue weighted by Gasteiger charge is -2.10. The molecule has 0 fully saturated rings. The maximum atomic E-state index is 12.2. The summed E-state index contributed by atoms with van der Waals surface area (Å²) in [4.78, 5) is 35.9. The standard InChI is InChI=1S/C21H24N2O6/c1-3-27-16-11-9-15(10-12-16)23-19(24)14-29-20(25)13-22-21(26)17-7-5-6-8-18(17)28-4-2/h5-12H,3-4,13-14H2,1-2H3,(H,22,26)(H,23,24). The summed E-state index contributed by atoms with van der Waals surface area (Å²) < 4.78 is 15.6. The Morgan fingerprint density at radius 3 is 2.28 bits per heavy atom. The summed E-state index contributed by atoms with van der Waals surface area (Å²) in [6.07, 6.45) is 0. The van der Waals surface area contributed by atoms with Crippen LogP contribution in [0, 0.1) is 0 Å². The minimum Gasteiger partial charge on any atom is -0.494 e. The van der Waals surface area contributed by atoms with Crippen LogP contribution in [0.3, 0.4) is 0 Å². The molecule has 0 saturated heterocycles. The van der Waals surface area contributed by atoms with Gasteiger partial charge in [0.25, 0.3) is 11.8 Å². The highest BCUT2D eigenvalue weighted by Gasteiger charge is 2.14. The third-order valence-electron chi connectivity index (χ3n) is 3.64. The van der Waals surface area contributed by atoms with Crippen LogP contribution in [-0.4, -0.2) is 44.1 Å². The molecule has 154 valence electrons. The molecule has 0 atom stereocenters. The zero-order valence-corrected chi connectivity index (χ0v) is 16.4. The second kappa shape index (κ2) is 11.3. The predicted octanol–water partition coefficient (Wildman–Crippen LogP) is 2.40. The highest BCUT2D eigenvalue weighted by atomic mass is 16.5. The minimum absolute atomic E-state index is 0.315. The van der Waals surface area contributed by atoms with Crippen molar-refractivity contribution in [1.29, 1.82) is 0 Å². The monoisotopic (exact) mass is 400 g/mol. The van der Waals surface area contributed by atoms with Gasteiger partial charge in [0.05, 0.1) is 18.8 Å². The van der Waals surface area contributed by atoms with Crippen LogP contribution in [0.1, 0.15) is 24.2 Å². The Kier molecular flexibility index (Phi) is 8.50. The van der Waals surface area contributed by atoms with Crippen molar-refractivity contribution in [2.45, 2.75) is 13.8 Å². The van der Waals surface area contributed by atoms with Crippen LogP contribution in [0.2, 0.25) is 0 Å². The first kappa shape index (κ1) is 21.7. The summed E-state index contributed by atoms with van der Waals surface area (Å²) in [7, 11) is 0. The molecule has 0 unspecified atom stereocenters. The van der Waals surface area contributed by atoms with E-state index in [0.717, 1.165) is 0 Å². The SMILES string of the molecule is CCOc1ccc(NC(=O)COC(=O)CNC(=O)c2ccccc2OCC)cc1. The van der Waals surface area contributed by atoms with Crippen molar-refractivity contribution in [3.8, 4) is 11.5 Å². The van der Waals surface area contributed by atoms with Crippen LogP contribution < -0.4 is 20.1 Å². The van der Waals surface area contributed by atoms with Crippen LogP contribution >= 0.6 is 0 Å². The molecule has 0 aromatic heterocycles. The van der Waals surface area contributed by atoms with Crippen LogP contribution in [0.4, 0.5) is 5.69 Å². The Balaban J connectivity index is 1.75. The van der Waals surface area contributed by atoms with E-state index in [4.69, 9.17) is 14.2 Å². The number of ether oxygens (including phenoxy) is 3. The molecule has 8 heteroatoms.